The molecule has 0 amide bonds. The van der Waals surface area contributed by atoms with E-state index < -0.39 is 0 Å². The number of rotatable bonds is 4. The van der Waals surface area contributed by atoms with Crippen LogP contribution in [0.3, 0.4) is 0 Å². The Labute approximate surface area is 77.7 Å². The summed E-state index contributed by atoms with van der Waals surface area (Å²) in [6.45, 7) is 9.58. The van der Waals surface area contributed by atoms with E-state index in [-0.39, 0.29) is 0 Å². The zero-order valence-corrected chi connectivity index (χ0v) is 9.19. The minimum atomic E-state index is 0.740. The Morgan fingerprint density at radius 2 is 1.42 bits per heavy atom. The summed E-state index contributed by atoms with van der Waals surface area (Å²) < 4.78 is 0. The second kappa shape index (κ2) is 3.81. The van der Waals surface area contributed by atoms with Gasteiger partial charge in [-0.2, -0.15) is 0 Å². The van der Waals surface area contributed by atoms with Gasteiger partial charge in [-0.25, -0.2) is 0 Å². The summed E-state index contributed by atoms with van der Waals surface area (Å²) in [5.74, 6) is 1.89. The molecule has 0 spiro atoms. The third-order valence-corrected chi connectivity index (χ3v) is 4.47. The minimum Gasteiger partial charge on any atom is -0.0651 e. The topological polar surface area (TPSA) is 0 Å². The molecule has 12 heavy (non-hydrogen) atoms. The summed E-state index contributed by atoms with van der Waals surface area (Å²) >= 11 is 0. The maximum absolute atomic E-state index is 2.45. The first-order chi connectivity index (χ1) is 5.67. The van der Waals surface area contributed by atoms with Crippen LogP contribution in [-0.4, -0.2) is 0 Å². The highest BCUT2D eigenvalue weighted by Gasteiger charge is 2.44. The van der Waals surface area contributed by atoms with Crippen molar-refractivity contribution in [1.29, 1.82) is 0 Å². The highest BCUT2D eigenvalue weighted by Crippen LogP contribution is 2.54. The fraction of sp³-hybridized carbons (Fsp3) is 1.00. The van der Waals surface area contributed by atoms with Gasteiger partial charge in [0, 0.05) is 0 Å². The van der Waals surface area contributed by atoms with Crippen LogP contribution in [-0.2, 0) is 0 Å². The van der Waals surface area contributed by atoms with Gasteiger partial charge in [-0.1, -0.05) is 47.0 Å². The second-order valence-electron chi connectivity index (χ2n) is 4.71. The maximum atomic E-state index is 2.45. The van der Waals surface area contributed by atoms with Crippen LogP contribution in [0.4, 0.5) is 0 Å². The minimum absolute atomic E-state index is 0.740. The first-order valence-corrected chi connectivity index (χ1v) is 5.67. The summed E-state index contributed by atoms with van der Waals surface area (Å²) in [6, 6.07) is 0. The fourth-order valence-electron chi connectivity index (χ4n) is 2.87. The fourth-order valence-corrected chi connectivity index (χ4v) is 2.87. The van der Waals surface area contributed by atoms with Gasteiger partial charge in [0.1, 0.15) is 0 Å². The van der Waals surface area contributed by atoms with Gasteiger partial charge in [-0.3, -0.25) is 0 Å². The van der Waals surface area contributed by atoms with E-state index in [0.717, 1.165) is 17.3 Å². The molecular formula is C12H24. The van der Waals surface area contributed by atoms with Crippen LogP contribution < -0.4 is 0 Å². The average molecular weight is 168 g/mol. The molecule has 0 saturated heterocycles. The van der Waals surface area contributed by atoms with Crippen LogP contribution in [0.2, 0.25) is 0 Å². The smallest absolute Gasteiger partial charge is 0.0246 e. The van der Waals surface area contributed by atoms with Gasteiger partial charge in [0.25, 0.3) is 0 Å². The lowest BCUT2D eigenvalue weighted by Crippen LogP contribution is -2.41. The van der Waals surface area contributed by atoms with Crippen LogP contribution in [0.15, 0.2) is 0 Å². The molecule has 1 fully saturated rings. The van der Waals surface area contributed by atoms with Gasteiger partial charge in [-0.05, 0) is 30.1 Å². The summed E-state index contributed by atoms with van der Waals surface area (Å²) in [6.07, 6.45) is 7.21. The van der Waals surface area contributed by atoms with Crippen molar-refractivity contribution in [3.63, 3.8) is 0 Å². The normalized spacial score (nSPS) is 26.0. The van der Waals surface area contributed by atoms with Crippen molar-refractivity contribution in [3.8, 4) is 0 Å². The van der Waals surface area contributed by atoms with Gasteiger partial charge in [-0.15, -0.1) is 0 Å². The van der Waals surface area contributed by atoms with Crippen LogP contribution in [0.25, 0.3) is 0 Å². The highest BCUT2D eigenvalue weighted by atomic mass is 14.5. The first-order valence-electron chi connectivity index (χ1n) is 5.67. The SMILES string of the molecule is CCC(C)C1(C(C)CC)CCC1. The van der Waals surface area contributed by atoms with Crippen molar-refractivity contribution in [2.45, 2.75) is 59.8 Å². The lowest BCUT2D eigenvalue weighted by atomic mass is 9.54. The third kappa shape index (κ3) is 1.41. The summed E-state index contributed by atoms with van der Waals surface area (Å²) in [7, 11) is 0. The quantitative estimate of drug-likeness (QED) is 0.588. The molecule has 0 bridgehead atoms. The largest absolute Gasteiger partial charge is 0.0651 e. The van der Waals surface area contributed by atoms with E-state index >= 15 is 0 Å². The van der Waals surface area contributed by atoms with Crippen molar-refractivity contribution in [1.82, 2.24) is 0 Å². The Morgan fingerprint density at radius 1 is 1.00 bits per heavy atom. The van der Waals surface area contributed by atoms with E-state index in [1.165, 1.54) is 32.1 Å². The molecule has 0 aromatic rings. The predicted octanol–water partition coefficient (Wildman–Crippen LogP) is 4.25. The molecule has 0 radical (unpaired) electrons. The zero-order chi connectivity index (χ0) is 9.19. The molecule has 0 N–H and O–H groups in total. The van der Waals surface area contributed by atoms with Gasteiger partial charge in [0.15, 0.2) is 0 Å². The number of hydrogen-bond acceptors (Lipinski definition) is 0. The van der Waals surface area contributed by atoms with E-state index in [1.54, 1.807) is 0 Å². The van der Waals surface area contributed by atoms with E-state index in [2.05, 4.69) is 27.7 Å². The predicted molar refractivity (Wildman–Crippen MR) is 55.2 cm³/mol. The molecule has 72 valence electrons. The maximum Gasteiger partial charge on any atom is -0.0246 e. The van der Waals surface area contributed by atoms with Crippen molar-refractivity contribution in [2.75, 3.05) is 0 Å². The molecule has 2 unspecified atom stereocenters. The summed E-state index contributed by atoms with van der Waals surface area (Å²) in [5, 5.41) is 0. The average Bonchev–Trinajstić information content (AvgIpc) is 2.01. The standard InChI is InChI=1S/C12H24/c1-5-10(3)12(8-7-9-12)11(4)6-2/h10-11H,5-9H2,1-4H3. The van der Waals surface area contributed by atoms with Crippen LogP contribution in [0.1, 0.15) is 59.8 Å². The van der Waals surface area contributed by atoms with E-state index in [1.807, 2.05) is 0 Å². The van der Waals surface area contributed by atoms with E-state index in [0.29, 0.717) is 0 Å². The summed E-state index contributed by atoms with van der Waals surface area (Å²) in [5.41, 5.74) is 0.740. The molecule has 0 aromatic heterocycles. The van der Waals surface area contributed by atoms with Crippen LogP contribution >= 0.6 is 0 Å². The molecule has 1 aliphatic rings. The Kier molecular flexibility index (Phi) is 3.20. The van der Waals surface area contributed by atoms with Crippen molar-refractivity contribution in [2.24, 2.45) is 17.3 Å². The Morgan fingerprint density at radius 3 is 1.58 bits per heavy atom. The van der Waals surface area contributed by atoms with Gasteiger partial charge in [0.2, 0.25) is 0 Å². The molecule has 0 heteroatoms. The van der Waals surface area contributed by atoms with Gasteiger partial charge in [0.05, 0.1) is 0 Å². The zero-order valence-electron chi connectivity index (χ0n) is 9.19. The molecular weight excluding hydrogens is 144 g/mol. The van der Waals surface area contributed by atoms with E-state index in [9.17, 15) is 0 Å². The van der Waals surface area contributed by atoms with Gasteiger partial charge < -0.3 is 0 Å². The van der Waals surface area contributed by atoms with Crippen molar-refractivity contribution >= 4 is 0 Å². The van der Waals surface area contributed by atoms with Crippen molar-refractivity contribution < 1.29 is 0 Å². The molecule has 0 heterocycles. The molecule has 0 aromatic carbocycles. The monoisotopic (exact) mass is 168 g/mol. The van der Waals surface area contributed by atoms with Crippen LogP contribution in [0.5, 0.6) is 0 Å². The number of hydrogen-bond donors (Lipinski definition) is 0. The molecule has 0 nitrogen and oxygen atoms in total. The second-order valence-corrected chi connectivity index (χ2v) is 4.71. The Balaban J connectivity index is 2.61. The molecule has 1 rings (SSSR count). The van der Waals surface area contributed by atoms with Crippen molar-refractivity contribution in [3.05, 3.63) is 0 Å². The third-order valence-electron chi connectivity index (χ3n) is 4.47. The molecule has 1 aliphatic carbocycles. The molecule has 0 aliphatic heterocycles. The van der Waals surface area contributed by atoms with Crippen LogP contribution in [0, 0.1) is 17.3 Å². The van der Waals surface area contributed by atoms with Gasteiger partial charge >= 0.3 is 0 Å². The lowest BCUT2D eigenvalue weighted by molar-refractivity contribution is -0.00648. The van der Waals surface area contributed by atoms with E-state index in [4.69, 9.17) is 0 Å². The highest BCUT2D eigenvalue weighted by molar-refractivity contribution is 4.94. The Bertz CT molecular complexity index is 121. The summed E-state index contributed by atoms with van der Waals surface area (Å²) in [4.78, 5) is 0. The first kappa shape index (κ1) is 10.1. The molecule has 2 atom stereocenters. The lowest BCUT2D eigenvalue weighted by Gasteiger charge is -2.51. The Hall–Kier alpha value is 0. The molecule has 1 saturated carbocycles.